The maximum atomic E-state index is 5.74. The van der Waals surface area contributed by atoms with Crippen molar-refractivity contribution in [1.29, 1.82) is 0 Å². The van der Waals surface area contributed by atoms with Gasteiger partial charge in [-0.15, -0.1) is 0 Å². The van der Waals surface area contributed by atoms with Crippen molar-refractivity contribution < 1.29 is 4.74 Å². The highest BCUT2D eigenvalue weighted by Gasteiger charge is 2.41. The molecule has 1 fully saturated rings. The SMILES string of the molecule is BrCC1(COCc2cccc(Br)c2)CC1. The minimum Gasteiger partial charge on any atom is -0.376 e. The Morgan fingerprint density at radius 2 is 2.13 bits per heavy atom. The summed E-state index contributed by atoms with van der Waals surface area (Å²) in [6.07, 6.45) is 2.60. The molecule has 0 atom stereocenters. The van der Waals surface area contributed by atoms with E-state index in [1.807, 2.05) is 12.1 Å². The smallest absolute Gasteiger partial charge is 0.0717 e. The molecule has 0 saturated heterocycles. The molecule has 0 bridgehead atoms. The Labute approximate surface area is 107 Å². The molecule has 1 aliphatic carbocycles. The summed E-state index contributed by atoms with van der Waals surface area (Å²) in [6, 6.07) is 8.27. The van der Waals surface area contributed by atoms with Crippen molar-refractivity contribution in [3.8, 4) is 0 Å². The van der Waals surface area contributed by atoms with Crippen LogP contribution < -0.4 is 0 Å². The molecule has 0 aliphatic heterocycles. The maximum Gasteiger partial charge on any atom is 0.0717 e. The molecule has 82 valence electrons. The van der Waals surface area contributed by atoms with Gasteiger partial charge >= 0.3 is 0 Å². The van der Waals surface area contributed by atoms with Gasteiger partial charge in [0, 0.05) is 15.2 Å². The molecule has 0 aromatic heterocycles. The molecule has 0 unspecified atom stereocenters. The molecule has 1 aromatic rings. The molecule has 1 nitrogen and oxygen atoms in total. The van der Waals surface area contributed by atoms with Gasteiger partial charge in [-0.25, -0.2) is 0 Å². The second-order valence-electron chi connectivity index (χ2n) is 4.26. The van der Waals surface area contributed by atoms with Crippen LogP contribution in [0.15, 0.2) is 28.7 Å². The predicted octanol–water partition coefficient (Wildman–Crippen LogP) is 4.14. The second kappa shape index (κ2) is 4.98. The van der Waals surface area contributed by atoms with E-state index in [9.17, 15) is 0 Å². The van der Waals surface area contributed by atoms with Crippen LogP contribution in [-0.2, 0) is 11.3 Å². The van der Waals surface area contributed by atoms with Crippen LogP contribution in [0.5, 0.6) is 0 Å². The lowest BCUT2D eigenvalue weighted by Gasteiger charge is -2.11. The van der Waals surface area contributed by atoms with Crippen molar-refractivity contribution in [2.24, 2.45) is 5.41 Å². The normalized spacial score (nSPS) is 17.7. The number of alkyl halides is 1. The lowest BCUT2D eigenvalue weighted by molar-refractivity contribution is 0.0860. The molecular weight excluding hydrogens is 320 g/mol. The van der Waals surface area contributed by atoms with E-state index in [0.717, 1.165) is 16.4 Å². The van der Waals surface area contributed by atoms with Crippen molar-refractivity contribution in [2.45, 2.75) is 19.4 Å². The molecule has 1 aliphatic rings. The molecule has 0 spiro atoms. The summed E-state index contributed by atoms with van der Waals surface area (Å²) in [6.45, 7) is 1.60. The Morgan fingerprint density at radius 3 is 2.73 bits per heavy atom. The van der Waals surface area contributed by atoms with Crippen LogP contribution in [0.3, 0.4) is 0 Å². The number of hydrogen-bond acceptors (Lipinski definition) is 1. The quantitative estimate of drug-likeness (QED) is 0.736. The zero-order valence-electron chi connectivity index (χ0n) is 8.51. The lowest BCUT2D eigenvalue weighted by atomic mass is 10.2. The molecule has 0 radical (unpaired) electrons. The summed E-state index contributed by atoms with van der Waals surface area (Å²) in [5.74, 6) is 0. The highest BCUT2D eigenvalue weighted by atomic mass is 79.9. The summed E-state index contributed by atoms with van der Waals surface area (Å²) < 4.78 is 6.86. The van der Waals surface area contributed by atoms with Gasteiger partial charge in [0.15, 0.2) is 0 Å². The standard InChI is InChI=1S/C12H14Br2O/c13-8-12(4-5-12)9-15-7-10-2-1-3-11(14)6-10/h1-3,6H,4-5,7-9H2. The zero-order valence-corrected chi connectivity index (χ0v) is 11.7. The summed E-state index contributed by atoms with van der Waals surface area (Å²) in [5, 5.41) is 1.07. The Balaban J connectivity index is 1.78. The molecule has 0 heterocycles. The van der Waals surface area contributed by atoms with Gasteiger partial charge in [0.2, 0.25) is 0 Å². The minimum absolute atomic E-state index is 0.450. The van der Waals surface area contributed by atoms with E-state index in [-0.39, 0.29) is 0 Å². The van der Waals surface area contributed by atoms with E-state index in [1.54, 1.807) is 0 Å². The first-order valence-corrected chi connectivity index (χ1v) is 7.04. The van der Waals surface area contributed by atoms with E-state index < -0.39 is 0 Å². The average molecular weight is 334 g/mol. The number of rotatable bonds is 5. The third-order valence-electron chi connectivity index (χ3n) is 2.81. The Kier molecular flexibility index (Phi) is 3.86. The van der Waals surface area contributed by atoms with Crippen molar-refractivity contribution in [2.75, 3.05) is 11.9 Å². The third kappa shape index (κ3) is 3.30. The number of hydrogen-bond donors (Lipinski definition) is 0. The van der Waals surface area contributed by atoms with Crippen LogP contribution in [0.1, 0.15) is 18.4 Å². The number of halogens is 2. The fraction of sp³-hybridized carbons (Fsp3) is 0.500. The molecule has 15 heavy (non-hydrogen) atoms. The first-order chi connectivity index (χ1) is 7.24. The van der Waals surface area contributed by atoms with Crippen LogP contribution in [0, 0.1) is 5.41 Å². The van der Waals surface area contributed by atoms with Gasteiger partial charge in [0.1, 0.15) is 0 Å². The summed E-state index contributed by atoms with van der Waals surface area (Å²) in [5.41, 5.74) is 1.68. The van der Waals surface area contributed by atoms with Gasteiger partial charge < -0.3 is 4.74 Å². The molecular formula is C12H14Br2O. The van der Waals surface area contributed by atoms with Gasteiger partial charge in [0.05, 0.1) is 13.2 Å². The van der Waals surface area contributed by atoms with E-state index in [1.165, 1.54) is 18.4 Å². The summed E-state index contributed by atoms with van der Waals surface area (Å²) >= 11 is 7.00. The van der Waals surface area contributed by atoms with Gasteiger partial charge in [-0.1, -0.05) is 44.0 Å². The third-order valence-corrected chi connectivity index (χ3v) is 4.49. The van der Waals surface area contributed by atoms with Crippen LogP contribution in [-0.4, -0.2) is 11.9 Å². The zero-order chi connectivity index (χ0) is 10.7. The van der Waals surface area contributed by atoms with Gasteiger partial charge in [-0.2, -0.15) is 0 Å². The number of benzene rings is 1. The first kappa shape index (κ1) is 11.6. The van der Waals surface area contributed by atoms with E-state index in [0.29, 0.717) is 12.0 Å². The highest BCUT2D eigenvalue weighted by molar-refractivity contribution is 9.10. The van der Waals surface area contributed by atoms with Crippen molar-refractivity contribution in [3.05, 3.63) is 34.3 Å². The largest absolute Gasteiger partial charge is 0.376 e. The molecule has 1 aromatic carbocycles. The molecule has 0 N–H and O–H groups in total. The van der Waals surface area contributed by atoms with Gasteiger partial charge in [-0.3, -0.25) is 0 Å². The summed E-state index contributed by atoms with van der Waals surface area (Å²) in [4.78, 5) is 0. The molecule has 3 heteroatoms. The second-order valence-corrected chi connectivity index (χ2v) is 5.73. The number of ether oxygens (including phenoxy) is 1. The van der Waals surface area contributed by atoms with E-state index in [4.69, 9.17) is 4.74 Å². The van der Waals surface area contributed by atoms with Crippen LogP contribution in [0.2, 0.25) is 0 Å². The average Bonchev–Trinajstić information content (AvgIpc) is 2.99. The summed E-state index contributed by atoms with van der Waals surface area (Å²) in [7, 11) is 0. The van der Waals surface area contributed by atoms with Gasteiger partial charge in [0.25, 0.3) is 0 Å². The maximum absolute atomic E-state index is 5.74. The molecule has 0 amide bonds. The monoisotopic (exact) mass is 332 g/mol. The van der Waals surface area contributed by atoms with Crippen molar-refractivity contribution in [3.63, 3.8) is 0 Å². The fourth-order valence-corrected chi connectivity index (χ4v) is 2.67. The Bertz CT molecular complexity index is 334. The fourth-order valence-electron chi connectivity index (χ4n) is 1.51. The van der Waals surface area contributed by atoms with Gasteiger partial charge in [-0.05, 0) is 30.5 Å². The lowest BCUT2D eigenvalue weighted by Crippen LogP contribution is -2.11. The van der Waals surface area contributed by atoms with Crippen LogP contribution in [0.4, 0.5) is 0 Å². The molecule has 1 saturated carbocycles. The van der Waals surface area contributed by atoms with Crippen LogP contribution >= 0.6 is 31.9 Å². The van der Waals surface area contributed by atoms with Crippen molar-refractivity contribution in [1.82, 2.24) is 0 Å². The Hall–Kier alpha value is 0.140. The topological polar surface area (TPSA) is 9.23 Å². The first-order valence-electron chi connectivity index (χ1n) is 5.12. The predicted molar refractivity (Wildman–Crippen MR) is 69.3 cm³/mol. The van der Waals surface area contributed by atoms with Crippen molar-refractivity contribution >= 4 is 31.9 Å². The van der Waals surface area contributed by atoms with E-state index >= 15 is 0 Å². The Morgan fingerprint density at radius 1 is 1.33 bits per heavy atom. The van der Waals surface area contributed by atoms with E-state index in [2.05, 4.69) is 44.0 Å². The minimum atomic E-state index is 0.450. The van der Waals surface area contributed by atoms with Crippen LogP contribution in [0.25, 0.3) is 0 Å². The highest BCUT2D eigenvalue weighted by Crippen LogP contribution is 2.47. The molecule has 2 rings (SSSR count).